The van der Waals surface area contributed by atoms with Crippen LogP contribution in [0.5, 0.6) is 0 Å². The predicted octanol–water partition coefficient (Wildman–Crippen LogP) is 4.18. The Hall–Kier alpha value is -0.920. The molecule has 1 heterocycles. The largest absolute Gasteiger partial charge is 0.317 e. The maximum Gasteiger partial charge on any atom is 0.153 e. The Morgan fingerprint density at radius 1 is 1.19 bits per heavy atom. The van der Waals surface area contributed by atoms with E-state index in [1.54, 1.807) is 0 Å². The minimum absolute atomic E-state index is 0.106. The van der Waals surface area contributed by atoms with Crippen molar-refractivity contribution in [1.29, 1.82) is 0 Å². The Kier molecular flexibility index (Phi) is 6.20. The molecule has 0 aliphatic rings. The molecule has 0 unspecified atom stereocenters. The highest BCUT2D eigenvalue weighted by Gasteiger charge is 2.17. The molecule has 3 nitrogen and oxygen atoms in total. The third-order valence-electron chi connectivity index (χ3n) is 2.86. The summed E-state index contributed by atoms with van der Waals surface area (Å²) in [7, 11) is 0. The van der Waals surface area contributed by atoms with Gasteiger partial charge in [0.2, 0.25) is 0 Å². The Morgan fingerprint density at radius 3 is 2.57 bits per heavy atom. The lowest BCUT2D eigenvalue weighted by molar-refractivity contribution is 0.587. The van der Waals surface area contributed by atoms with E-state index in [0.717, 1.165) is 37.4 Å². The molecule has 0 saturated carbocycles. The predicted molar refractivity (Wildman–Crippen MR) is 84.4 cm³/mol. The molecule has 0 bridgehead atoms. The van der Waals surface area contributed by atoms with E-state index < -0.39 is 11.6 Å². The monoisotopic (exact) mass is 375 g/mol. The van der Waals surface area contributed by atoms with Crippen molar-refractivity contribution in [2.45, 2.75) is 26.2 Å². The van der Waals surface area contributed by atoms with Crippen molar-refractivity contribution in [3.8, 4) is 10.6 Å². The summed E-state index contributed by atoms with van der Waals surface area (Å²) in [5.41, 5.74) is -0.106. The number of aryl methyl sites for hydroxylation is 1. The summed E-state index contributed by atoms with van der Waals surface area (Å²) in [5.74, 6) is -1.26. The van der Waals surface area contributed by atoms with Crippen LogP contribution >= 0.6 is 27.3 Å². The van der Waals surface area contributed by atoms with Gasteiger partial charge in [-0.15, -0.1) is 10.2 Å². The zero-order chi connectivity index (χ0) is 15.2. The van der Waals surface area contributed by atoms with Gasteiger partial charge in [0.25, 0.3) is 0 Å². The van der Waals surface area contributed by atoms with Crippen molar-refractivity contribution < 1.29 is 8.78 Å². The Morgan fingerprint density at radius 2 is 1.90 bits per heavy atom. The van der Waals surface area contributed by atoms with Crippen LogP contribution in [-0.4, -0.2) is 23.3 Å². The number of hydrogen-bond donors (Lipinski definition) is 1. The van der Waals surface area contributed by atoms with Crippen LogP contribution in [0, 0.1) is 11.6 Å². The van der Waals surface area contributed by atoms with Crippen molar-refractivity contribution in [2.75, 3.05) is 13.1 Å². The third-order valence-corrected chi connectivity index (χ3v) is 4.32. The van der Waals surface area contributed by atoms with Gasteiger partial charge in [-0.25, -0.2) is 8.78 Å². The second-order valence-electron chi connectivity index (χ2n) is 4.60. The van der Waals surface area contributed by atoms with Gasteiger partial charge in [0.15, 0.2) is 5.01 Å². The molecule has 1 aromatic heterocycles. The first kappa shape index (κ1) is 16.5. The van der Waals surface area contributed by atoms with Crippen LogP contribution in [0.25, 0.3) is 10.6 Å². The molecular formula is C14H16BrF2N3S. The summed E-state index contributed by atoms with van der Waals surface area (Å²) in [6.45, 7) is 4.02. The molecule has 114 valence electrons. The van der Waals surface area contributed by atoms with Gasteiger partial charge in [0.1, 0.15) is 16.6 Å². The van der Waals surface area contributed by atoms with Gasteiger partial charge in [-0.2, -0.15) is 0 Å². The molecule has 0 aliphatic carbocycles. The number of nitrogens with zero attached hydrogens (tertiary/aromatic N) is 2. The van der Waals surface area contributed by atoms with Crippen LogP contribution in [0.2, 0.25) is 0 Å². The lowest BCUT2D eigenvalue weighted by atomic mass is 10.2. The molecule has 21 heavy (non-hydrogen) atoms. The summed E-state index contributed by atoms with van der Waals surface area (Å²) in [6, 6.07) is 2.46. The van der Waals surface area contributed by atoms with Gasteiger partial charge in [-0.05, 0) is 38.1 Å². The molecule has 0 aliphatic heterocycles. The van der Waals surface area contributed by atoms with E-state index in [0.29, 0.717) is 4.47 Å². The molecule has 7 heteroatoms. The normalized spacial score (nSPS) is 11.0. The SMILES string of the molecule is CCCNCCCc1nnc(-c2c(F)cc(Br)cc2F)s1. The van der Waals surface area contributed by atoms with E-state index in [1.807, 2.05) is 0 Å². The van der Waals surface area contributed by atoms with E-state index in [2.05, 4.69) is 38.4 Å². The first-order valence-corrected chi connectivity index (χ1v) is 8.40. The van der Waals surface area contributed by atoms with Crippen LogP contribution in [0.1, 0.15) is 24.8 Å². The summed E-state index contributed by atoms with van der Waals surface area (Å²) in [5, 5.41) is 12.3. The average Bonchev–Trinajstić information content (AvgIpc) is 2.86. The molecule has 0 amide bonds. The van der Waals surface area contributed by atoms with Gasteiger partial charge < -0.3 is 5.32 Å². The molecule has 0 spiro atoms. The van der Waals surface area contributed by atoms with Gasteiger partial charge in [0.05, 0.1) is 5.56 Å². The van der Waals surface area contributed by atoms with E-state index >= 15 is 0 Å². The van der Waals surface area contributed by atoms with Crippen molar-refractivity contribution in [2.24, 2.45) is 0 Å². The third kappa shape index (κ3) is 4.52. The van der Waals surface area contributed by atoms with Gasteiger partial charge in [-0.1, -0.05) is 34.2 Å². The molecule has 1 N–H and O–H groups in total. The van der Waals surface area contributed by atoms with Gasteiger partial charge in [0, 0.05) is 10.9 Å². The highest BCUT2D eigenvalue weighted by molar-refractivity contribution is 9.10. The molecule has 1 aromatic carbocycles. The Balaban J connectivity index is 2.03. The fraction of sp³-hybridized carbons (Fsp3) is 0.429. The lowest BCUT2D eigenvalue weighted by Gasteiger charge is -2.01. The highest BCUT2D eigenvalue weighted by Crippen LogP contribution is 2.31. The summed E-state index contributed by atoms with van der Waals surface area (Å²) < 4.78 is 28.1. The fourth-order valence-electron chi connectivity index (χ4n) is 1.87. The van der Waals surface area contributed by atoms with Crippen LogP contribution < -0.4 is 5.32 Å². The van der Waals surface area contributed by atoms with E-state index in [4.69, 9.17) is 0 Å². The standard InChI is InChI=1S/C14H16BrF2N3S/c1-2-5-18-6-3-4-12-19-20-14(21-12)13-10(16)7-9(15)8-11(13)17/h7-8,18H,2-6H2,1H3. The molecule has 0 saturated heterocycles. The van der Waals surface area contributed by atoms with Crippen molar-refractivity contribution in [3.05, 3.63) is 33.2 Å². The first-order chi connectivity index (χ1) is 10.1. The number of nitrogens with one attached hydrogen (secondary N) is 1. The Labute approximate surface area is 134 Å². The molecule has 0 fully saturated rings. The number of benzene rings is 1. The molecule has 2 rings (SSSR count). The van der Waals surface area contributed by atoms with Gasteiger partial charge in [-0.3, -0.25) is 0 Å². The molecule has 2 aromatic rings. The highest BCUT2D eigenvalue weighted by atomic mass is 79.9. The Bertz CT molecular complexity index is 581. The number of aromatic nitrogens is 2. The molecule has 0 atom stereocenters. The van der Waals surface area contributed by atoms with Crippen molar-refractivity contribution in [3.63, 3.8) is 0 Å². The van der Waals surface area contributed by atoms with E-state index in [1.165, 1.54) is 23.5 Å². The smallest absolute Gasteiger partial charge is 0.153 e. The average molecular weight is 376 g/mol. The maximum atomic E-state index is 13.9. The second-order valence-corrected chi connectivity index (χ2v) is 6.58. The summed E-state index contributed by atoms with van der Waals surface area (Å²) in [6.07, 6.45) is 2.79. The van der Waals surface area contributed by atoms with Gasteiger partial charge >= 0.3 is 0 Å². The summed E-state index contributed by atoms with van der Waals surface area (Å²) in [4.78, 5) is 0. The zero-order valence-corrected chi connectivity index (χ0v) is 14.0. The van der Waals surface area contributed by atoms with E-state index in [9.17, 15) is 8.78 Å². The molecular weight excluding hydrogens is 360 g/mol. The fourth-order valence-corrected chi connectivity index (χ4v) is 3.20. The first-order valence-electron chi connectivity index (χ1n) is 6.79. The van der Waals surface area contributed by atoms with Crippen molar-refractivity contribution in [1.82, 2.24) is 15.5 Å². The minimum atomic E-state index is -0.630. The van der Waals surface area contributed by atoms with Crippen LogP contribution in [-0.2, 0) is 6.42 Å². The number of halogens is 3. The minimum Gasteiger partial charge on any atom is -0.317 e. The van der Waals surface area contributed by atoms with Crippen molar-refractivity contribution >= 4 is 27.3 Å². The quantitative estimate of drug-likeness (QED) is 0.737. The van der Waals surface area contributed by atoms with Crippen LogP contribution in [0.3, 0.4) is 0 Å². The number of rotatable bonds is 7. The topological polar surface area (TPSA) is 37.8 Å². The second kappa shape index (κ2) is 7.91. The van der Waals surface area contributed by atoms with Crippen LogP contribution in [0.4, 0.5) is 8.78 Å². The van der Waals surface area contributed by atoms with Crippen LogP contribution in [0.15, 0.2) is 16.6 Å². The summed E-state index contributed by atoms with van der Waals surface area (Å²) >= 11 is 4.30. The lowest BCUT2D eigenvalue weighted by Crippen LogP contribution is -2.16. The molecule has 0 radical (unpaired) electrons. The number of hydrogen-bond acceptors (Lipinski definition) is 4. The maximum absolute atomic E-state index is 13.9. The van der Waals surface area contributed by atoms with E-state index in [-0.39, 0.29) is 10.6 Å². The zero-order valence-electron chi connectivity index (χ0n) is 11.6.